The molecule has 118 valence electrons. The molecule has 9 nitrogen and oxygen atoms in total. The number of aromatic nitrogens is 1. The molecule has 1 aliphatic rings. The molecule has 2 aromatic rings. The van der Waals surface area contributed by atoms with Crippen LogP contribution in [-0.4, -0.2) is 36.2 Å². The van der Waals surface area contributed by atoms with Gasteiger partial charge in [-0.3, -0.25) is 9.59 Å². The number of hydrogen-bond acceptors (Lipinski definition) is 8. The van der Waals surface area contributed by atoms with E-state index < -0.39 is 37.7 Å². The van der Waals surface area contributed by atoms with Crippen molar-refractivity contribution in [2.45, 2.75) is 4.21 Å². The number of primary sulfonamides is 1. The first-order valence-electron chi connectivity index (χ1n) is 5.97. The second-order valence-electron chi connectivity index (χ2n) is 4.36. The third kappa shape index (κ3) is 2.50. The Balaban J connectivity index is 1.90. The number of carbonyl (C=O) groups is 3. The number of amides is 2. The molecule has 23 heavy (non-hydrogen) atoms. The van der Waals surface area contributed by atoms with Crippen LogP contribution in [0.3, 0.4) is 0 Å². The van der Waals surface area contributed by atoms with E-state index >= 15 is 0 Å². The summed E-state index contributed by atoms with van der Waals surface area (Å²) in [7, 11) is -4.18. The zero-order chi connectivity index (χ0) is 16.8. The Hall–Kier alpha value is -2.63. The summed E-state index contributed by atoms with van der Waals surface area (Å²) in [5, 5.41) is 5.22. The largest absolute Gasteiger partial charge is 0.384 e. The summed E-state index contributed by atoms with van der Waals surface area (Å²) < 4.78 is 22.2. The quantitative estimate of drug-likeness (QED) is 0.776. The van der Waals surface area contributed by atoms with Crippen LogP contribution in [0.25, 0.3) is 0 Å². The van der Waals surface area contributed by atoms with Gasteiger partial charge in [-0.25, -0.2) is 23.3 Å². The number of benzene rings is 1. The van der Waals surface area contributed by atoms with Gasteiger partial charge in [0.05, 0.1) is 16.6 Å². The SMILES string of the molecule is NS(=O)(=O)c1scnc1C(=O)ON1C(=O)c2ccccc2C1=O. The van der Waals surface area contributed by atoms with Gasteiger partial charge in [0.15, 0.2) is 9.90 Å². The molecule has 0 spiro atoms. The average Bonchev–Trinajstić information content (AvgIpc) is 3.08. The molecule has 1 aromatic heterocycles. The summed E-state index contributed by atoms with van der Waals surface area (Å²) in [6.45, 7) is 0. The van der Waals surface area contributed by atoms with Crippen LogP contribution in [-0.2, 0) is 14.9 Å². The van der Waals surface area contributed by atoms with Gasteiger partial charge >= 0.3 is 5.97 Å². The number of nitrogens with zero attached hydrogens (tertiary/aromatic N) is 2. The molecule has 0 bridgehead atoms. The van der Waals surface area contributed by atoms with Gasteiger partial charge in [0.2, 0.25) is 10.0 Å². The Kier molecular flexibility index (Phi) is 3.47. The van der Waals surface area contributed by atoms with Gasteiger partial charge in [-0.1, -0.05) is 17.2 Å². The number of thiazole rings is 1. The lowest BCUT2D eigenvalue weighted by Crippen LogP contribution is -2.33. The van der Waals surface area contributed by atoms with Crippen molar-refractivity contribution >= 4 is 39.1 Å². The monoisotopic (exact) mass is 353 g/mol. The average molecular weight is 353 g/mol. The Morgan fingerprint density at radius 3 is 2.26 bits per heavy atom. The molecule has 0 aliphatic carbocycles. The molecule has 1 aliphatic heterocycles. The van der Waals surface area contributed by atoms with Crippen LogP contribution in [0.4, 0.5) is 0 Å². The highest BCUT2D eigenvalue weighted by Crippen LogP contribution is 2.25. The van der Waals surface area contributed by atoms with E-state index in [1.807, 2.05) is 0 Å². The lowest BCUT2D eigenvalue weighted by Gasteiger charge is -2.11. The first-order chi connectivity index (χ1) is 10.8. The maximum absolute atomic E-state index is 12.1. The number of sulfonamides is 1. The summed E-state index contributed by atoms with van der Waals surface area (Å²) in [5.41, 5.74) is 0.651. The van der Waals surface area contributed by atoms with E-state index in [4.69, 9.17) is 9.98 Å². The molecule has 0 radical (unpaired) electrons. The summed E-state index contributed by atoms with van der Waals surface area (Å²) in [6, 6.07) is 5.91. The normalized spacial score (nSPS) is 14.0. The van der Waals surface area contributed by atoms with Crippen LogP contribution in [0.5, 0.6) is 0 Å². The molecule has 2 heterocycles. The minimum absolute atomic E-state index is 0.0789. The van der Waals surface area contributed by atoms with Crippen LogP contribution in [0.15, 0.2) is 34.0 Å². The van der Waals surface area contributed by atoms with Gasteiger partial charge in [0.25, 0.3) is 11.8 Å². The van der Waals surface area contributed by atoms with Crippen LogP contribution < -0.4 is 5.14 Å². The van der Waals surface area contributed by atoms with Gasteiger partial charge < -0.3 is 4.84 Å². The van der Waals surface area contributed by atoms with E-state index in [-0.39, 0.29) is 16.2 Å². The Labute approximate surface area is 133 Å². The number of carbonyl (C=O) groups excluding carboxylic acids is 3. The highest BCUT2D eigenvalue weighted by Gasteiger charge is 2.39. The summed E-state index contributed by atoms with van der Waals surface area (Å²) >= 11 is 0.618. The van der Waals surface area contributed by atoms with Crippen molar-refractivity contribution in [1.29, 1.82) is 0 Å². The molecule has 1 aromatic carbocycles. The maximum Gasteiger partial charge on any atom is 0.384 e. The first kappa shape index (κ1) is 15.3. The Bertz CT molecular complexity index is 914. The second kappa shape index (κ2) is 5.22. The zero-order valence-corrected chi connectivity index (χ0v) is 12.8. The van der Waals surface area contributed by atoms with Crippen molar-refractivity contribution in [3.8, 4) is 0 Å². The van der Waals surface area contributed by atoms with Gasteiger partial charge in [0, 0.05) is 0 Å². The van der Waals surface area contributed by atoms with Crippen LogP contribution in [0, 0.1) is 0 Å². The van der Waals surface area contributed by atoms with Crippen molar-refractivity contribution in [3.63, 3.8) is 0 Å². The molecule has 0 saturated carbocycles. The molecule has 0 atom stereocenters. The van der Waals surface area contributed by atoms with Crippen molar-refractivity contribution < 1.29 is 27.6 Å². The molecule has 2 N–H and O–H groups in total. The van der Waals surface area contributed by atoms with Gasteiger partial charge in [-0.2, -0.15) is 0 Å². The number of fused-ring (bicyclic) bond motifs is 1. The predicted octanol–water partition coefficient (Wildman–Crippen LogP) is 0.159. The molecular weight excluding hydrogens is 346 g/mol. The van der Waals surface area contributed by atoms with E-state index in [9.17, 15) is 22.8 Å². The van der Waals surface area contributed by atoms with Gasteiger partial charge in [0.1, 0.15) is 0 Å². The molecule has 2 amide bonds. The smallest absolute Gasteiger partial charge is 0.322 e. The standard InChI is InChI=1S/C12H7N3O6S2/c13-23(19,20)12-8(14-5-22-12)11(18)21-15-9(16)6-3-1-2-4-7(6)10(15)17/h1-5H,(H2,13,19,20). The second-order valence-corrected chi connectivity index (χ2v) is 6.97. The van der Waals surface area contributed by atoms with E-state index in [0.717, 1.165) is 5.51 Å². The maximum atomic E-state index is 12.1. The van der Waals surface area contributed by atoms with Crippen LogP contribution >= 0.6 is 11.3 Å². The summed E-state index contributed by atoms with van der Waals surface area (Å²) in [5.74, 6) is -2.93. The number of imide groups is 1. The minimum Gasteiger partial charge on any atom is -0.322 e. The van der Waals surface area contributed by atoms with Crippen molar-refractivity contribution in [1.82, 2.24) is 10.0 Å². The number of nitrogens with two attached hydrogens (primary N) is 1. The van der Waals surface area contributed by atoms with Gasteiger partial charge in [-0.05, 0) is 12.1 Å². The fourth-order valence-electron chi connectivity index (χ4n) is 1.95. The van der Waals surface area contributed by atoms with Crippen LogP contribution in [0.2, 0.25) is 0 Å². The van der Waals surface area contributed by atoms with E-state index in [2.05, 4.69) is 4.98 Å². The van der Waals surface area contributed by atoms with E-state index in [1.165, 1.54) is 12.1 Å². The van der Waals surface area contributed by atoms with E-state index in [0.29, 0.717) is 11.3 Å². The summed E-state index contributed by atoms with van der Waals surface area (Å²) in [4.78, 5) is 44.4. The third-order valence-electron chi connectivity index (χ3n) is 2.92. The Morgan fingerprint density at radius 2 is 1.74 bits per heavy atom. The molecule has 3 rings (SSSR count). The number of hydrogen-bond donors (Lipinski definition) is 1. The molecule has 0 unspecified atom stereocenters. The lowest BCUT2D eigenvalue weighted by atomic mass is 10.1. The van der Waals surface area contributed by atoms with E-state index in [1.54, 1.807) is 12.1 Å². The predicted molar refractivity (Wildman–Crippen MR) is 75.8 cm³/mol. The summed E-state index contributed by atoms with van der Waals surface area (Å²) in [6.07, 6.45) is 0. The fourth-order valence-corrected chi connectivity index (χ4v) is 3.52. The molecule has 11 heteroatoms. The van der Waals surface area contributed by atoms with Crippen molar-refractivity contribution in [3.05, 3.63) is 46.6 Å². The van der Waals surface area contributed by atoms with Crippen LogP contribution in [0.1, 0.15) is 31.2 Å². The molecule has 0 fully saturated rings. The van der Waals surface area contributed by atoms with Gasteiger partial charge in [-0.15, -0.1) is 11.3 Å². The number of rotatable bonds is 3. The Morgan fingerprint density at radius 1 is 1.17 bits per heavy atom. The number of hydroxylamine groups is 2. The topological polar surface area (TPSA) is 137 Å². The molecular formula is C12H7N3O6S2. The third-order valence-corrected chi connectivity index (χ3v) is 5.23. The first-order valence-corrected chi connectivity index (χ1v) is 8.39. The zero-order valence-electron chi connectivity index (χ0n) is 11.1. The highest BCUT2D eigenvalue weighted by molar-refractivity contribution is 7.91. The molecule has 0 saturated heterocycles. The van der Waals surface area contributed by atoms with Crippen molar-refractivity contribution in [2.75, 3.05) is 0 Å². The van der Waals surface area contributed by atoms with Crippen molar-refractivity contribution in [2.24, 2.45) is 5.14 Å². The minimum atomic E-state index is -4.18. The fraction of sp³-hybridized carbons (Fsp3) is 0. The highest BCUT2D eigenvalue weighted by atomic mass is 32.2. The lowest BCUT2D eigenvalue weighted by molar-refractivity contribution is -0.0590.